The van der Waals surface area contributed by atoms with Gasteiger partial charge in [0.2, 0.25) is 0 Å². The van der Waals surface area contributed by atoms with Crippen molar-refractivity contribution in [2.45, 2.75) is 32.5 Å². The summed E-state index contributed by atoms with van der Waals surface area (Å²) in [5.41, 5.74) is 12.0. The minimum absolute atomic E-state index is 0.247. The van der Waals surface area contributed by atoms with Crippen LogP contribution in [0, 0.1) is 0 Å². The molecule has 9 aromatic rings. The van der Waals surface area contributed by atoms with Crippen LogP contribution in [0.5, 0.6) is 0 Å². The summed E-state index contributed by atoms with van der Waals surface area (Å²) in [5.74, 6) is 0. The van der Waals surface area contributed by atoms with E-state index in [-0.39, 0.29) is 6.17 Å². The number of para-hydroxylation sites is 2. The zero-order chi connectivity index (χ0) is 33.9. The van der Waals surface area contributed by atoms with Crippen LogP contribution in [0.25, 0.3) is 65.8 Å². The van der Waals surface area contributed by atoms with Gasteiger partial charge in [0.05, 0.1) is 11.3 Å². The van der Waals surface area contributed by atoms with Crippen molar-refractivity contribution in [3.8, 4) is 11.1 Å². The van der Waals surface area contributed by atoms with Gasteiger partial charge in [0.1, 0.15) is 22.3 Å². The van der Waals surface area contributed by atoms with Gasteiger partial charge in [-0.1, -0.05) is 109 Å². The molecule has 0 N–H and O–H groups in total. The predicted molar refractivity (Wildman–Crippen MR) is 210 cm³/mol. The summed E-state index contributed by atoms with van der Waals surface area (Å²) in [6.07, 6.45) is 1.54. The highest BCUT2D eigenvalue weighted by molar-refractivity contribution is 6.12. The Morgan fingerprint density at radius 2 is 1.24 bits per heavy atom. The molecular formula is C47H35N2O2+. The van der Waals surface area contributed by atoms with Gasteiger partial charge in [-0.15, -0.1) is 0 Å². The van der Waals surface area contributed by atoms with Crippen LogP contribution in [0.1, 0.15) is 42.6 Å². The first kappa shape index (κ1) is 29.6. The minimum Gasteiger partial charge on any atom is -0.456 e. The zero-order valence-electron chi connectivity index (χ0n) is 28.3. The number of hydrogen-bond acceptors (Lipinski definition) is 3. The fraction of sp³-hybridized carbons (Fsp3) is 0.106. The van der Waals surface area contributed by atoms with Crippen LogP contribution in [0.3, 0.4) is 0 Å². The standard InChI is InChI=1S/C47H35N2O2/c1-30-23-26-40(35-25-24-32-12-2-3-13-33(32)28-35)48-47(39-18-10-22-44-46(39)38-16-5-7-20-42(38)51-44)49(30)29-31-11-8-14-34(27-31)36-17-9-21-43-45(36)37-15-4-6-19-41(37)50-43/h2-22,24-25,27-28,47H,23,26,29H2,1H3/q+1. The van der Waals surface area contributed by atoms with E-state index in [1.807, 2.05) is 18.2 Å². The molecule has 1 aliphatic heterocycles. The Morgan fingerprint density at radius 3 is 2.06 bits per heavy atom. The van der Waals surface area contributed by atoms with Gasteiger partial charge in [0, 0.05) is 40.5 Å². The largest absolute Gasteiger partial charge is 0.456 e. The van der Waals surface area contributed by atoms with E-state index in [9.17, 15) is 0 Å². The third kappa shape index (κ3) is 5.06. The third-order valence-electron chi connectivity index (χ3n) is 10.6. The van der Waals surface area contributed by atoms with Crippen molar-refractivity contribution in [1.29, 1.82) is 0 Å². The molecule has 1 atom stereocenters. The lowest BCUT2D eigenvalue weighted by molar-refractivity contribution is -0.587. The monoisotopic (exact) mass is 659 g/mol. The van der Waals surface area contributed by atoms with E-state index in [0.717, 1.165) is 68.0 Å². The van der Waals surface area contributed by atoms with Crippen molar-refractivity contribution in [3.63, 3.8) is 0 Å². The average Bonchev–Trinajstić information content (AvgIpc) is 3.71. The normalized spacial score (nSPS) is 15.3. The first-order chi connectivity index (χ1) is 25.2. The Bertz CT molecular complexity index is 2870. The highest BCUT2D eigenvalue weighted by Crippen LogP contribution is 2.39. The molecule has 2 aromatic heterocycles. The zero-order valence-corrected chi connectivity index (χ0v) is 28.3. The molecule has 1 aliphatic rings. The van der Waals surface area contributed by atoms with Gasteiger partial charge in [0.15, 0.2) is 12.3 Å². The van der Waals surface area contributed by atoms with E-state index in [4.69, 9.17) is 13.8 Å². The summed E-state index contributed by atoms with van der Waals surface area (Å²) in [6, 6.07) is 53.8. The summed E-state index contributed by atoms with van der Waals surface area (Å²) in [7, 11) is 0. The summed E-state index contributed by atoms with van der Waals surface area (Å²) in [5, 5.41) is 7.02. The highest BCUT2D eigenvalue weighted by Gasteiger charge is 2.32. The number of nitrogens with zero attached hydrogens (tertiary/aromatic N) is 2. The number of benzene rings is 7. The van der Waals surface area contributed by atoms with Crippen LogP contribution in [-0.2, 0) is 6.54 Å². The second-order valence-corrected chi connectivity index (χ2v) is 13.7. The van der Waals surface area contributed by atoms with E-state index in [1.54, 1.807) is 0 Å². The molecule has 0 amide bonds. The SMILES string of the molecule is CC1=[N+](Cc2cccc(-c3cccc4oc5ccccc5c34)c2)C(c2cccc3oc4ccccc4c23)N=C(c2ccc3ccccc3c2)CC1. The average molecular weight is 660 g/mol. The molecule has 244 valence electrons. The highest BCUT2D eigenvalue weighted by atomic mass is 16.3. The van der Waals surface area contributed by atoms with E-state index in [2.05, 4.69) is 145 Å². The second kappa shape index (κ2) is 12.0. The number of rotatable bonds is 5. The molecule has 3 heterocycles. The van der Waals surface area contributed by atoms with E-state index < -0.39 is 0 Å². The van der Waals surface area contributed by atoms with Crippen molar-refractivity contribution in [1.82, 2.24) is 0 Å². The van der Waals surface area contributed by atoms with Gasteiger partial charge < -0.3 is 8.83 Å². The van der Waals surface area contributed by atoms with E-state index in [1.165, 1.54) is 38.7 Å². The molecule has 0 fully saturated rings. The molecule has 0 saturated heterocycles. The van der Waals surface area contributed by atoms with Crippen LogP contribution >= 0.6 is 0 Å². The predicted octanol–water partition coefficient (Wildman–Crippen LogP) is 12.3. The second-order valence-electron chi connectivity index (χ2n) is 13.7. The molecule has 0 spiro atoms. The van der Waals surface area contributed by atoms with Crippen molar-refractivity contribution < 1.29 is 13.4 Å². The number of hydrogen-bond donors (Lipinski definition) is 0. The summed E-state index contributed by atoms with van der Waals surface area (Å²) in [6.45, 7) is 2.99. The van der Waals surface area contributed by atoms with Crippen LogP contribution < -0.4 is 0 Å². The fourth-order valence-electron chi connectivity index (χ4n) is 8.05. The maximum absolute atomic E-state index is 6.40. The van der Waals surface area contributed by atoms with Crippen LogP contribution in [0.4, 0.5) is 0 Å². The van der Waals surface area contributed by atoms with Gasteiger partial charge in [-0.3, -0.25) is 0 Å². The Morgan fingerprint density at radius 1 is 0.569 bits per heavy atom. The molecule has 0 bridgehead atoms. The molecule has 7 aromatic carbocycles. The smallest absolute Gasteiger partial charge is 0.273 e. The van der Waals surface area contributed by atoms with Gasteiger partial charge in [0.25, 0.3) is 6.17 Å². The van der Waals surface area contributed by atoms with E-state index >= 15 is 0 Å². The van der Waals surface area contributed by atoms with E-state index in [0.29, 0.717) is 6.54 Å². The number of aliphatic imine (C=N–C) groups is 1. The Kier molecular flexibility index (Phi) is 6.95. The topological polar surface area (TPSA) is 41.6 Å². The third-order valence-corrected chi connectivity index (χ3v) is 10.6. The molecule has 4 nitrogen and oxygen atoms in total. The summed E-state index contributed by atoms with van der Waals surface area (Å²) >= 11 is 0. The molecule has 10 rings (SSSR count). The molecule has 4 heteroatoms. The molecule has 1 unspecified atom stereocenters. The quantitative estimate of drug-likeness (QED) is 0.173. The van der Waals surface area contributed by atoms with Gasteiger partial charge in [-0.05, 0) is 76.3 Å². The van der Waals surface area contributed by atoms with Crippen molar-refractivity contribution in [3.05, 3.63) is 168 Å². The number of fused-ring (bicyclic) bond motifs is 7. The van der Waals surface area contributed by atoms with Gasteiger partial charge in [-0.2, -0.15) is 0 Å². The van der Waals surface area contributed by atoms with Crippen molar-refractivity contribution >= 4 is 66.1 Å². The lowest BCUT2D eigenvalue weighted by atomic mass is 9.97. The summed E-state index contributed by atoms with van der Waals surface area (Å²) in [4.78, 5) is 5.70. The molecule has 51 heavy (non-hydrogen) atoms. The lowest BCUT2D eigenvalue weighted by Gasteiger charge is -2.16. The Balaban J connectivity index is 1.13. The Labute approximate surface area is 295 Å². The Hall–Kier alpha value is -6.26. The van der Waals surface area contributed by atoms with Crippen LogP contribution in [-0.4, -0.2) is 16.0 Å². The van der Waals surface area contributed by atoms with Crippen LogP contribution in [0.2, 0.25) is 0 Å². The van der Waals surface area contributed by atoms with Crippen molar-refractivity contribution in [2.24, 2.45) is 4.99 Å². The molecule has 0 aliphatic carbocycles. The van der Waals surface area contributed by atoms with Gasteiger partial charge in [-0.25, -0.2) is 9.57 Å². The fourth-order valence-corrected chi connectivity index (χ4v) is 8.05. The molecule has 0 radical (unpaired) electrons. The first-order valence-corrected chi connectivity index (χ1v) is 17.7. The molecule has 0 saturated carbocycles. The lowest BCUT2D eigenvalue weighted by Crippen LogP contribution is -2.23. The van der Waals surface area contributed by atoms with Gasteiger partial charge >= 0.3 is 0 Å². The van der Waals surface area contributed by atoms with Crippen LogP contribution in [0.15, 0.2) is 165 Å². The van der Waals surface area contributed by atoms with Crippen molar-refractivity contribution in [2.75, 3.05) is 0 Å². The molecular weight excluding hydrogens is 625 g/mol. The first-order valence-electron chi connectivity index (χ1n) is 17.7. The maximum atomic E-state index is 6.40. The summed E-state index contributed by atoms with van der Waals surface area (Å²) < 4.78 is 15.2. The minimum atomic E-state index is -0.247. The number of furan rings is 2. The maximum Gasteiger partial charge on any atom is 0.273 e.